The summed E-state index contributed by atoms with van der Waals surface area (Å²) in [5.41, 5.74) is 4.31. The SMILES string of the molecule is [C-]#[N+]c1ccc(NC(c2nnc(-c3ccc(F)c(O)c3)o2)[C@@H](C)O)c(C)c1Cl.[C-]#[N+]c1ccc(NC(c2nnc(-c3ccc(F)c(O[Si](C)(C)C(C)(C)C)c3)o2)[C@@H](C)O[Si](C)(C)C(C)(C)C)c(C)c1Cl. The van der Waals surface area contributed by atoms with Crippen LogP contribution in [0.5, 0.6) is 11.5 Å². The second-order valence-electron chi connectivity index (χ2n) is 20.0. The van der Waals surface area contributed by atoms with Crippen LogP contribution in [0, 0.1) is 38.6 Å². The molecule has 20 heteroatoms. The van der Waals surface area contributed by atoms with Gasteiger partial charge in [0.15, 0.2) is 25.7 Å². The van der Waals surface area contributed by atoms with Crippen molar-refractivity contribution in [2.45, 2.75) is 130 Å². The minimum absolute atomic E-state index is 0.0169. The number of phenolic OH excluding ortho intramolecular Hbond substituents is 1. The quantitative estimate of drug-likeness (QED) is 0.0602. The molecule has 0 aliphatic rings. The molecule has 4 atom stereocenters. The lowest BCUT2D eigenvalue weighted by atomic mass is 10.1. The third-order valence-electron chi connectivity index (χ3n) is 12.8. The van der Waals surface area contributed by atoms with E-state index in [0.717, 1.165) is 17.3 Å². The fourth-order valence-electron chi connectivity index (χ4n) is 6.38. The summed E-state index contributed by atoms with van der Waals surface area (Å²) in [4.78, 5) is 6.85. The second kappa shape index (κ2) is 21.6. The van der Waals surface area contributed by atoms with Crippen molar-refractivity contribution in [2.24, 2.45) is 0 Å². The zero-order valence-corrected chi connectivity index (χ0v) is 45.3. The Kier molecular flexibility index (Phi) is 17.0. The highest BCUT2D eigenvalue weighted by Gasteiger charge is 2.42. The highest BCUT2D eigenvalue weighted by molar-refractivity contribution is 6.75. The Morgan fingerprint density at radius 3 is 1.56 bits per heavy atom. The molecule has 0 aliphatic heterocycles. The minimum atomic E-state index is -2.29. The molecule has 70 heavy (non-hydrogen) atoms. The summed E-state index contributed by atoms with van der Waals surface area (Å²) < 4.78 is 52.9. The van der Waals surface area contributed by atoms with Crippen molar-refractivity contribution in [3.63, 3.8) is 0 Å². The molecule has 0 spiro atoms. The lowest BCUT2D eigenvalue weighted by Gasteiger charge is -2.40. The van der Waals surface area contributed by atoms with Crippen LogP contribution in [0.2, 0.25) is 46.3 Å². The van der Waals surface area contributed by atoms with Crippen LogP contribution in [-0.2, 0) is 4.43 Å². The summed E-state index contributed by atoms with van der Waals surface area (Å²) in [5, 5.41) is 43.5. The normalized spacial score (nSPS) is 13.8. The Morgan fingerprint density at radius 2 is 1.11 bits per heavy atom. The molecular formula is C50H60Cl2F2N8O6Si2. The first kappa shape index (κ1) is 55.1. The van der Waals surface area contributed by atoms with Crippen LogP contribution in [0.25, 0.3) is 32.6 Å². The van der Waals surface area contributed by atoms with Gasteiger partial charge < -0.3 is 38.5 Å². The maximum atomic E-state index is 14.8. The van der Waals surface area contributed by atoms with Gasteiger partial charge in [0.25, 0.3) is 8.32 Å². The Hall–Kier alpha value is -5.87. The number of aliphatic hydroxyl groups is 1. The molecule has 0 fully saturated rings. The summed E-state index contributed by atoms with van der Waals surface area (Å²) in [5.74, 6) is -0.834. The summed E-state index contributed by atoms with van der Waals surface area (Å²) in [6.45, 7) is 43.0. The molecule has 0 amide bonds. The predicted molar refractivity (Wildman–Crippen MR) is 276 cm³/mol. The largest absolute Gasteiger partial charge is 0.542 e. The van der Waals surface area contributed by atoms with Crippen molar-refractivity contribution >= 4 is 62.6 Å². The molecule has 0 saturated carbocycles. The Bertz CT molecular complexity index is 2920. The number of aromatic hydroxyl groups is 1. The van der Waals surface area contributed by atoms with Crippen LogP contribution >= 0.6 is 23.2 Å². The number of nitrogens with one attached hydrogen (secondary N) is 2. The first-order valence-corrected chi connectivity index (χ1v) is 28.9. The lowest BCUT2D eigenvalue weighted by molar-refractivity contribution is 0.159. The monoisotopic (exact) mass is 1030 g/mol. The minimum Gasteiger partial charge on any atom is -0.542 e. The van der Waals surface area contributed by atoms with Crippen LogP contribution in [0.15, 0.2) is 69.5 Å². The van der Waals surface area contributed by atoms with Gasteiger partial charge in [0.2, 0.25) is 34.9 Å². The molecule has 372 valence electrons. The Balaban J connectivity index is 0.000000282. The molecule has 14 nitrogen and oxygen atoms in total. The summed E-state index contributed by atoms with van der Waals surface area (Å²) >= 11 is 12.7. The lowest BCUT2D eigenvalue weighted by Crippen LogP contribution is -2.45. The molecule has 4 N–H and O–H groups in total. The van der Waals surface area contributed by atoms with Gasteiger partial charge in [-0.1, -0.05) is 76.9 Å². The average molecular weight is 1030 g/mol. The van der Waals surface area contributed by atoms with Crippen molar-refractivity contribution < 1.29 is 36.7 Å². The van der Waals surface area contributed by atoms with Crippen molar-refractivity contribution in [1.29, 1.82) is 0 Å². The van der Waals surface area contributed by atoms with Gasteiger partial charge in [-0.15, -0.1) is 20.4 Å². The van der Waals surface area contributed by atoms with E-state index in [2.05, 4.69) is 108 Å². The van der Waals surface area contributed by atoms with Crippen LogP contribution in [-0.4, -0.2) is 59.5 Å². The van der Waals surface area contributed by atoms with Gasteiger partial charge in [-0.05, 0) is 124 Å². The second-order valence-corrected chi connectivity index (χ2v) is 30.2. The number of aromatic nitrogens is 4. The average Bonchev–Trinajstić information content (AvgIpc) is 3.97. The number of hydrogen-bond acceptors (Lipinski definition) is 12. The zero-order valence-electron chi connectivity index (χ0n) is 41.8. The Labute approximate surface area is 420 Å². The molecule has 0 bridgehead atoms. The topological polar surface area (TPSA) is 170 Å². The fraction of sp³-hybridized carbons (Fsp3) is 0.400. The molecule has 2 unspecified atom stereocenters. The number of nitrogens with zero attached hydrogens (tertiary/aromatic N) is 6. The van der Waals surface area contributed by atoms with Crippen molar-refractivity contribution in [2.75, 3.05) is 10.6 Å². The zero-order chi connectivity index (χ0) is 52.3. The summed E-state index contributed by atoms with van der Waals surface area (Å²) in [6.07, 6.45) is -1.27. The van der Waals surface area contributed by atoms with E-state index in [-0.39, 0.29) is 39.6 Å². The third kappa shape index (κ3) is 12.5. The summed E-state index contributed by atoms with van der Waals surface area (Å²) in [6, 6.07) is 13.7. The number of halogens is 4. The molecule has 0 aliphatic carbocycles. The van der Waals surface area contributed by atoms with E-state index in [1.54, 1.807) is 44.2 Å². The molecule has 6 rings (SSSR count). The fourth-order valence-corrected chi connectivity index (χ4v) is 9.23. The number of rotatable bonds is 14. The molecular weight excluding hydrogens is 974 g/mol. The van der Waals surface area contributed by atoms with E-state index in [4.69, 9.17) is 54.0 Å². The van der Waals surface area contributed by atoms with Crippen molar-refractivity contribution in [3.05, 3.63) is 128 Å². The molecule has 4 aromatic carbocycles. The van der Waals surface area contributed by atoms with E-state index < -0.39 is 52.2 Å². The standard InChI is InChI=1S/C31H44ClFN4O3Si2.C19H16ClFN4O3/c1-19-23(16-17-24(34-9)26(19)32)35-27(20(2)39-41(10,11)30(3,4)5)29-37-36-28(38-29)21-14-15-22(33)25(18-21)40-42(12,13)31(6,7)8;1-9-13(6-7-14(22-3)16(9)20)23-17(10(2)26)19-25-24-18(28-19)11-4-5-12(21)15(27)8-11/h14-18,20,27,35H,1-8,10-13H3;4-8,10,17,23,26-27H,1-2H3/t20-,27?;10-,17?/m11/s1. The van der Waals surface area contributed by atoms with E-state index in [1.165, 1.54) is 18.2 Å². The van der Waals surface area contributed by atoms with E-state index in [1.807, 2.05) is 19.9 Å². The van der Waals surface area contributed by atoms with Gasteiger partial charge in [-0.25, -0.2) is 18.5 Å². The van der Waals surface area contributed by atoms with Crippen LogP contribution < -0.4 is 15.1 Å². The number of hydrogen-bond donors (Lipinski definition) is 4. The number of benzene rings is 4. The highest BCUT2D eigenvalue weighted by Crippen LogP contribution is 2.43. The number of anilines is 2. The molecule has 2 heterocycles. The van der Waals surface area contributed by atoms with Gasteiger partial charge in [-0.2, -0.15) is 0 Å². The maximum absolute atomic E-state index is 14.8. The van der Waals surface area contributed by atoms with Gasteiger partial charge in [0.1, 0.15) is 17.8 Å². The number of phenols is 1. The van der Waals surface area contributed by atoms with E-state index in [0.29, 0.717) is 49.7 Å². The molecule has 6 aromatic rings. The van der Waals surface area contributed by atoms with Gasteiger partial charge >= 0.3 is 0 Å². The number of aliphatic hydroxyl groups excluding tert-OH is 1. The van der Waals surface area contributed by atoms with Crippen LogP contribution in [0.1, 0.15) is 90.4 Å². The first-order chi connectivity index (χ1) is 32.5. The van der Waals surface area contributed by atoms with Gasteiger partial charge in [0.05, 0.1) is 35.4 Å². The van der Waals surface area contributed by atoms with Gasteiger partial charge in [-0.3, -0.25) is 0 Å². The molecule has 2 aromatic heterocycles. The van der Waals surface area contributed by atoms with Crippen molar-refractivity contribution in [3.8, 4) is 34.4 Å². The Morgan fingerprint density at radius 1 is 0.671 bits per heavy atom. The predicted octanol–water partition coefficient (Wildman–Crippen LogP) is 15.0. The third-order valence-corrected chi connectivity index (χ3v) is 22.7. The molecule has 0 radical (unpaired) electrons. The van der Waals surface area contributed by atoms with Crippen molar-refractivity contribution in [1.82, 2.24) is 20.4 Å². The molecule has 0 saturated heterocycles. The van der Waals surface area contributed by atoms with Gasteiger partial charge in [0, 0.05) is 22.5 Å². The van der Waals surface area contributed by atoms with Crippen LogP contribution in [0.4, 0.5) is 31.5 Å². The smallest absolute Gasteiger partial charge is 0.250 e. The maximum Gasteiger partial charge on any atom is 0.250 e. The summed E-state index contributed by atoms with van der Waals surface area (Å²) in [7, 11) is -4.47. The van der Waals surface area contributed by atoms with Crippen LogP contribution in [0.3, 0.4) is 0 Å². The van der Waals surface area contributed by atoms with E-state index >= 15 is 0 Å². The van der Waals surface area contributed by atoms with E-state index in [9.17, 15) is 19.0 Å². The first-order valence-electron chi connectivity index (χ1n) is 22.4. The highest BCUT2D eigenvalue weighted by atomic mass is 35.5.